The topological polar surface area (TPSA) is 46.0 Å². The van der Waals surface area contributed by atoms with Gasteiger partial charge in [-0.1, -0.05) is 6.07 Å². The van der Waals surface area contributed by atoms with E-state index in [1.54, 1.807) is 0 Å². The van der Waals surface area contributed by atoms with Crippen LogP contribution in [0.4, 0.5) is 5.82 Å². The summed E-state index contributed by atoms with van der Waals surface area (Å²) in [4.78, 5) is 11.3. The van der Waals surface area contributed by atoms with Crippen molar-refractivity contribution in [2.24, 2.45) is 0 Å². The van der Waals surface area contributed by atoms with Crippen LogP contribution in [0.3, 0.4) is 0 Å². The molecule has 0 spiro atoms. The standard InChI is InChI=1S/C16H23N5/c1-16(2,3)19-11-13-4-5-14(18-10-13)21-9-8-20-7-6-17-15(20)12-21/h4-7,10,19H,8-9,11-12H2,1-3H3. The number of fused-ring (bicyclic) bond motifs is 1. The minimum Gasteiger partial charge on any atom is -0.347 e. The summed E-state index contributed by atoms with van der Waals surface area (Å²) in [6, 6.07) is 4.26. The Balaban J connectivity index is 1.65. The van der Waals surface area contributed by atoms with Gasteiger partial charge in [0.1, 0.15) is 11.6 Å². The number of nitrogens with one attached hydrogen (secondary N) is 1. The highest BCUT2D eigenvalue weighted by Gasteiger charge is 2.17. The predicted molar refractivity (Wildman–Crippen MR) is 84.1 cm³/mol. The molecule has 1 aliphatic heterocycles. The van der Waals surface area contributed by atoms with Crippen molar-refractivity contribution in [3.63, 3.8) is 0 Å². The highest BCUT2D eigenvalue weighted by Crippen LogP contribution is 2.18. The molecular formula is C16H23N5. The number of nitrogens with zero attached hydrogens (tertiary/aromatic N) is 4. The second-order valence-electron chi connectivity index (χ2n) is 6.59. The highest BCUT2D eigenvalue weighted by atomic mass is 15.3. The zero-order valence-electron chi connectivity index (χ0n) is 13.0. The SMILES string of the molecule is CC(C)(C)NCc1ccc(N2CCn3ccnc3C2)nc1. The van der Waals surface area contributed by atoms with E-state index in [-0.39, 0.29) is 5.54 Å². The monoisotopic (exact) mass is 285 g/mol. The van der Waals surface area contributed by atoms with Crippen LogP contribution < -0.4 is 10.2 Å². The Labute approximate surface area is 126 Å². The quantitative estimate of drug-likeness (QED) is 0.939. The molecule has 0 fully saturated rings. The fraction of sp³-hybridized carbons (Fsp3) is 0.500. The molecule has 0 unspecified atom stereocenters. The first kappa shape index (κ1) is 14.1. The van der Waals surface area contributed by atoms with E-state index < -0.39 is 0 Å². The second-order valence-corrected chi connectivity index (χ2v) is 6.59. The first-order valence-corrected chi connectivity index (χ1v) is 7.46. The molecule has 0 atom stereocenters. The van der Waals surface area contributed by atoms with E-state index in [2.05, 4.69) is 57.7 Å². The minimum absolute atomic E-state index is 0.128. The summed E-state index contributed by atoms with van der Waals surface area (Å²) in [5.41, 5.74) is 1.34. The van der Waals surface area contributed by atoms with Gasteiger partial charge in [0, 0.05) is 43.8 Å². The molecule has 2 aromatic heterocycles. The summed E-state index contributed by atoms with van der Waals surface area (Å²) in [6.45, 7) is 10.2. The van der Waals surface area contributed by atoms with Crippen LogP contribution in [0.25, 0.3) is 0 Å². The molecule has 1 aliphatic rings. The van der Waals surface area contributed by atoms with Crippen LogP contribution in [0.2, 0.25) is 0 Å². The zero-order valence-corrected chi connectivity index (χ0v) is 13.0. The molecule has 0 saturated heterocycles. The minimum atomic E-state index is 0.128. The van der Waals surface area contributed by atoms with Crippen LogP contribution >= 0.6 is 0 Å². The largest absolute Gasteiger partial charge is 0.347 e. The highest BCUT2D eigenvalue weighted by molar-refractivity contribution is 5.40. The summed E-state index contributed by atoms with van der Waals surface area (Å²) in [5.74, 6) is 2.14. The molecule has 112 valence electrons. The third kappa shape index (κ3) is 3.42. The van der Waals surface area contributed by atoms with Gasteiger partial charge in [0.2, 0.25) is 0 Å². The van der Waals surface area contributed by atoms with Gasteiger partial charge in [-0.15, -0.1) is 0 Å². The van der Waals surface area contributed by atoms with Gasteiger partial charge in [0.15, 0.2) is 0 Å². The Morgan fingerprint density at radius 1 is 1.19 bits per heavy atom. The fourth-order valence-electron chi connectivity index (χ4n) is 2.44. The Hall–Kier alpha value is -1.88. The van der Waals surface area contributed by atoms with Crippen molar-refractivity contribution in [3.8, 4) is 0 Å². The molecule has 0 saturated carbocycles. The Morgan fingerprint density at radius 2 is 2.05 bits per heavy atom. The van der Waals surface area contributed by atoms with Crippen molar-refractivity contribution in [1.82, 2.24) is 19.9 Å². The number of pyridine rings is 1. The number of aromatic nitrogens is 3. The normalized spacial score (nSPS) is 15.1. The first-order chi connectivity index (χ1) is 10.0. The average molecular weight is 285 g/mol. The molecule has 0 aliphatic carbocycles. The molecule has 2 aromatic rings. The Bertz CT molecular complexity index is 594. The van der Waals surface area contributed by atoms with Crippen molar-refractivity contribution in [2.75, 3.05) is 11.4 Å². The summed E-state index contributed by atoms with van der Waals surface area (Å²) in [7, 11) is 0. The molecule has 0 amide bonds. The van der Waals surface area contributed by atoms with Gasteiger partial charge in [-0.3, -0.25) is 0 Å². The van der Waals surface area contributed by atoms with Crippen LogP contribution in [-0.2, 0) is 19.6 Å². The fourth-order valence-corrected chi connectivity index (χ4v) is 2.44. The van der Waals surface area contributed by atoms with Gasteiger partial charge in [-0.05, 0) is 32.4 Å². The van der Waals surface area contributed by atoms with E-state index in [4.69, 9.17) is 0 Å². The van der Waals surface area contributed by atoms with E-state index in [1.807, 2.05) is 18.6 Å². The number of hydrogen-bond acceptors (Lipinski definition) is 4. The van der Waals surface area contributed by atoms with Gasteiger partial charge in [-0.2, -0.15) is 0 Å². The van der Waals surface area contributed by atoms with Gasteiger partial charge in [0.25, 0.3) is 0 Å². The molecule has 0 aromatic carbocycles. The molecule has 0 bridgehead atoms. The molecule has 1 N–H and O–H groups in total. The van der Waals surface area contributed by atoms with Crippen LogP contribution in [0.1, 0.15) is 32.2 Å². The lowest BCUT2D eigenvalue weighted by Gasteiger charge is -2.28. The van der Waals surface area contributed by atoms with Crippen LogP contribution in [0.5, 0.6) is 0 Å². The molecule has 3 rings (SSSR count). The summed E-state index contributed by atoms with van der Waals surface area (Å²) in [5, 5.41) is 3.48. The molecule has 5 heteroatoms. The van der Waals surface area contributed by atoms with Crippen molar-refractivity contribution in [2.45, 2.75) is 45.9 Å². The Morgan fingerprint density at radius 3 is 2.76 bits per heavy atom. The molecule has 3 heterocycles. The predicted octanol–water partition coefficient (Wildman–Crippen LogP) is 2.19. The summed E-state index contributed by atoms with van der Waals surface area (Å²) in [6.07, 6.45) is 5.88. The van der Waals surface area contributed by atoms with Crippen molar-refractivity contribution < 1.29 is 0 Å². The lowest BCUT2D eigenvalue weighted by Crippen LogP contribution is -2.35. The van der Waals surface area contributed by atoms with Crippen LogP contribution in [0.15, 0.2) is 30.7 Å². The van der Waals surface area contributed by atoms with Crippen LogP contribution in [-0.4, -0.2) is 26.6 Å². The molecular weight excluding hydrogens is 262 g/mol. The lowest BCUT2D eigenvalue weighted by atomic mass is 10.1. The van der Waals surface area contributed by atoms with Crippen molar-refractivity contribution >= 4 is 5.82 Å². The van der Waals surface area contributed by atoms with E-state index in [0.29, 0.717) is 0 Å². The zero-order chi connectivity index (χ0) is 14.9. The maximum Gasteiger partial charge on any atom is 0.128 e. The molecule has 21 heavy (non-hydrogen) atoms. The third-order valence-corrected chi connectivity index (χ3v) is 3.70. The lowest BCUT2D eigenvalue weighted by molar-refractivity contribution is 0.424. The van der Waals surface area contributed by atoms with Gasteiger partial charge < -0.3 is 14.8 Å². The van der Waals surface area contributed by atoms with Crippen molar-refractivity contribution in [1.29, 1.82) is 0 Å². The van der Waals surface area contributed by atoms with Gasteiger partial charge in [-0.25, -0.2) is 9.97 Å². The van der Waals surface area contributed by atoms with Crippen molar-refractivity contribution in [3.05, 3.63) is 42.1 Å². The van der Waals surface area contributed by atoms with E-state index in [0.717, 1.165) is 37.8 Å². The maximum absolute atomic E-state index is 4.61. The third-order valence-electron chi connectivity index (χ3n) is 3.70. The summed E-state index contributed by atoms with van der Waals surface area (Å²) >= 11 is 0. The van der Waals surface area contributed by atoms with E-state index >= 15 is 0 Å². The molecule has 0 radical (unpaired) electrons. The maximum atomic E-state index is 4.61. The van der Waals surface area contributed by atoms with Gasteiger partial charge >= 0.3 is 0 Å². The second kappa shape index (κ2) is 5.48. The number of anilines is 1. The number of rotatable bonds is 3. The van der Waals surface area contributed by atoms with Crippen LogP contribution in [0, 0.1) is 0 Å². The smallest absolute Gasteiger partial charge is 0.128 e. The van der Waals surface area contributed by atoms with E-state index in [9.17, 15) is 0 Å². The molecule has 5 nitrogen and oxygen atoms in total. The summed E-state index contributed by atoms with van der Waals surface area (Å²) < 4.78 is 2.21. The average Bonchev–Trinajstić information content (AvgIpc) is 2.92. The first-order valence-electron chi connectivity index (χ1n) is 7.46. The number of imidazole rings is 1. The Kier molecular flexibility index (Phi) is 3.68. The van der Waals surface area contributed by atoms with E-state index in [1.165, 1.54) is 5.56 Å². The number of hydrogen-bond donors (Lipinski definition) is 1. The van der Waals surface area contributed by atoms with Gasteiger partial charge in [0.05, 0.1) is 6.54 Å².